The normalized spacial score (nSPS) is 12.0. The van der Waals surface area contributed by atoms with E-state index in [2.05, 4.69) is 41.9 Å². The SMILES string of the molecule is COc1ccc(Br)cc1/C=c1\sc2nc(-c3ccc(Br)cc3)nn2c1=O. The Morgan fingerprint density at radius 1 is 1.12 bits per heavy atom. The van der Waals surface area contributed by atoms with Gasteiger partial charge in [0, 0.05) is 20.1 Å². The maximum atomic E-state index is 12.7. The first kappa shape index (κ1) is 17.4. The molecule has 0 N–H and O–H groups in total. The van der Waals surface area contributed by atoms with Crippen molar-refractivity contribution in [3.63, 3.8) is 0 Å². The standard InChI is InChI=1S/C18H11Br2N3O2S/c1-25-14-7-6-13(20)8-11(14)9-15-17(24)23-18(26-15)21-16(22-23)10-2-4-12(19)5-3-10/h2-9H,1H3/b15-9-. The number of hydrogen-bond acceptors (Lipinski definition) is 5. The highest BCUT2D eigenvalue weighted by molar-refractivity contribution is 9.10. The second-order valence-electron chi connectivity index (χ2n) is 5.44. The number of halogens is 2. The molecular weight excluding hydrogens is 482 g/mol. The van der Waals surface area contributed by atoms with Crippen molar-refractivity contribution in [2.75, 3.05) is 7.11 Å². The monoisotopic (exact) mass is 491 g/mol. The molecule has 2 aromatic heterocycles. The summed E-state index contributed by atoms with van der Waals surface area (Å²) in [7, 11) is 1.60. The molecule has 0 atom stereocenters. The maximum absolute atomic E-state index is 12.7. The molecule has 8 heteroatoms. The second-order valence-corrected chi connectivity index (χ2v) is 8.28. The van der Waals surface area contributed by atoms with Crippen LogP contribution >= 0.6 is 43.2 Å². The molecule has 5 nitrogen and oxygen atoms in total. The first-order chi connectivity index (χ1) is 12.5. The molecule has 130 valence electrons. The van der Waals surface area contributed by atoms with Crippen molar-refractivity contribution < 1.29 is 4.74 Å². The third kappa shape index (κ3) is 3.20. The number of rotatable bonds is 3. The number of methoxy groups -OCH3 is 1. The van der Waals surface area contributed by atoms with Gasteiger partial charge in [0.15, 0.2) is 5.82 Å². The van der Waals surface area contributed by atoms with Crippen molar-refractivity contribution in [3.05, 3.63) is 71.9 Å². The van der Waals surface area contributed by atoms with Crippen LogP contribution in [0.4, 0.5) is 0 Å². The molecule has 0 aliphatic rings. The molecule has 0 fully saturated rings. The van der Waals surface area contributed by atoms with Crippen LogP contribution in [0.15, 0.2) is 56.2 Å². The lowest BCUT2D eigenvalue weighted by molar-refractivity contribution is 0.414. The Morgan fingerprint density at radius 3 is 2.54 bits per heavy atom. The van der Waals surface area contributed by atoms with Gasteiger partial charge in [-0.15, -0.1) is 5.10 Å². The summed E-state index contributed by atoms with van der Waals surface area (Å²) in [5.74, 6) is 1.23. The minimum atomic E-state index is -0.192. The van der Waals surface area contributed by atoms with E-state index in [1.807, 2.05) is 42.5 Å². The van der Waals surface area contributed by atoms with Gasteiger partial charge in [0.1, 0.15) is 5.75 Å². The summed E-state index contributed by atoms with van der Waals surface area (Å²) in [6.07, 6.45) is 1.80. The zero-order chi connectivity index (χ0) is 18.3. The summed E-state index contributed by atoms with van der Waals surface area (Å²) in [4.78, 5) is 17.7. The summed E-state index contributed by atoms with van der Waals surface area (Å²) in [6, 6.07) is 13.3. The molecule has 0 unspecified atom stereocenters. The highest BCUT2D eigenvalue weighted by Gasteiger charge is 2.12. The predicted molar refractivity (Wildman–Crippen MR) is 110 cm³/mol. The first-order valence-corrected chi connectivity index (χ1v) is 9.96. The summed E-state index contributed by atoms with van der Waals surface area (Å²) < 4.78 is 9.15. The molecule has 4 aromatic rings. The second kappa shape index (κ2) is 6.94. The van der Waals surface area contributed by atoms with Gasteiger partial charge in [0.25, 0.3) is 5.56 Å². The van der Waals surface area contributed by atoms with Crippen LogP contribution in [0.5, 0.6) is 5.75 Å². The molecule has 0 radical (unpaired) electrons. The Hall–Kier alpha value is -2.03. The molecule has 0 spiro atoms. The van der Waals surface area contributed by atoms with E-state index in [4.69, 9.17) is 4.74 Å². The lowest BCUT2D eigenvalue weighted by Gasteiger charge is -2.04. The van der Waals surface area contributed by atoms with Crippen LogP contribution in [0.1, 0.15) is 5.56 Å². The fourth-order valence-electron chi connectivity index (χ4n) is 2.51. The topological polar surface area (TPSA) is 56.5 Å². The van der Waals surface area contributed by atoms with E-state index in [0.29, 0.717) is 21.1 Å². The largest absolute Gasteiger partial charge is 0.496 e. The Balaban J connectivity index is 1.83. The average molecular weight is 493 g/mol. The molecule has 2 heterocycles. The van der Waals surface area contributed by atoms with Gasteiger partial charge in [-0.1, -0.05) is 55.3 Å². The lowest BCUT2D eigenvalue weighted by Crippen LogP contribution is -2.23. The van der Waals surface area contributed by atoms with E-state index in [9.17, 15) is 4.79 Å². The summed E-state index contributed by atoms with van der Waals surface area (Å²) in [5.41, 5.74) is 1.49. The zero-order valence-electron chi connectivity index (χ0n) is 13.4. The predicted octanol–water partition coefficient (Wildman–Crippen LogP) is 3.90. The van der Waals surface area contributed by atoms with Gasteiger partial charge < -0.3 is 4.74 Å². The van der Waals surface area contributed by atoms with E-state index in [1.54, 1.807) is 13.2 Å². The minimum Gasteiger partial charge on any atom is -0.496 e. The van der Waals surface area contributed by atoms with Crippen molar-refractivity contribution in [3.8, 4) is 17.1 Å². The zero-order valence-corrected chi connectivity index (χ0v) is 17.4. The number of nitrogens with zero attached hydrogens (tertiary/aromatic N) is 3. The molecule has 0 amide bonds. The highest BCUT2D eigenvalue weighted by Crippen LogP contribution is 2.24. The summed E-state index contributed by atoms with van der Waals surface area (Å²) in [5, 5.41) is 4.36. The van der Waals surface area contributed by atoms with Crippen molar-refractivity contribution in [2.45, 2.75) is 0 Å². The van der Waals surface area contributed by atoms with Gasteiger partial charge in [-0.05, 0) is 36.4 Å². The first-order valence-electron chi connectivity index (χ1n) is 7.56. The van der Waals surface area contributed by atoms with Crippen molar-refractivity contribution in [2.24, 2.45) is 0 Å². The van der Waals surface area contributed by atoms with Crippen LogP contribution in [0, 0.1) is 0 Å². The number of fused-ring (bicyclic) bond motifs is 1. The number of benzene rings is 2. The molecule has 0 saturated heterocycles. The van der Waals surface area contributed by atoms with E-state index < -0.39 is 0 Å². The van der Waals surface area contributed by atoms with Crippen LogP contribution in [0.2, 0.25) is 0 Å². The quantitative estimate of drug-likeness (QED) is 0.435. The third-order valence-electron chi connectivity index (χ3n) is 3.76. The molecular formula is C18H11Br2N3O2S. The summed E-state index contributed by atoms with van der Waals surface area (Å²) >= 11 is 8.15. The van der Waals surface area contributed by atoms with Gasteiger partial charge in [0.05, 0.1) is 11.6 Å². The number of hydrogen-bond donors (Lipinski definition) is 0. The van der Waals surface area contributed by atoms with E-state index in [-0.39, 0.29) is 5.56 Å². The van der Waals surface area contributed by atoms with Gasteiger partial charge in [-0.2, -0.15) is 9.50 Å². The fraction of sp³-hybridized carbons (Fsp3) is 0.0556. The van der Waals surface area contributed by atoms with Crippen molar-refractivity contribution in [1.29, 1.82) is 0 Å². The van der Waals surface area contributed by atoms with Crippen molar-refractivity contribution in [1.82, 2.24) is 14.6 Å². The van der Waals surface area contributed by atoms with Crippen LogP contribution in [0.3, 0.4) is 0 Å². The Kier molecular flexibility index (Phi) is 4.64. The molecule has 4 rings (SSSR count). The molecule has 0 aliphatic carbocycles. The highest BCUT2D eigenvalue weighted by atomic mass is 79.9. The van der Waals surface area contributed by atoms with E-state index in [1.165, 1.54) is 15.9 Å². The number of thiazole rings is 1. The van der Waals surface area contributed by atoms with Crippen LogP contribution in [-0.4, -0.2) is 21.7 Å². The lowest BCUT2D eigenvalue weighted by atomic mass is 10.2. The Bertz CT molecular complexity index is 1220. The molecule has 0 saturated carbocycles. The fourth-order valence-corrected chi connectivity index (χ4v) is 4.06. The van der Waals surface area contributed by atoms with E-state index in [0.717, 1.165) is 20.1 Å². The average Bonchev–Trinajstić information content (AvgIpc) is 3.16. The Morgan fingerprint density at radius 2 is 1.85 bits per heavy atom. The van der Waals surface area contributed by atoms with Gasteiger partial charge in [-0.3, -0.25) is 4.79 Å². The minimum absolute atomic E-state index is 0.192. The van der Waals surface area contributed by atoms with Crippen LogP contribution < -0.4 is 14.8 Å². The van der Waals surface area contributed by atoms with Crippen LogP contribution in [0.25, 0.3) is 22.4 Å². The molecule has 26 heavy (non-hydrogen) atoms. The molecule has 2 aromatic carbocycles. The van der Waals surface area contributed by atoms with Crippen molar-refractivity contribution >= 4 is 54.2 Å². The van der Waals surface area contributed by atoms with E-state index >= 15 is 0 Å². The van der Waals surface area contributed by atoms with Gasteiger partial charge in [-0.25, -0.2) is 0 Å². The third-order valence-corrected chi connectivity index (χ3v) is 5.74. The van der Waals surface area contributed by atoms with Gasteiger partial charge in [0.2, 0.25) is 4.96 Å². The Labute approximate surface area is 169 Å². The molecule has 0 aliphatic heterocycles. The molecule has 0 bridgehead atoms. The van der Waals surface area contributed by atoms with Crippen LogP contribution in [-0.2, 0) is 0 Å². The smallest absolute Gasteiger partial charge is 0.291 e. The number of ether oxygens (including phenoxy) is 1. The maximum Gasteiger partial charge on any atom is 0.291 e. The summed E-state index contributed by atoms with van der Waals surface area (Å²) in [6.45, 7) is 0. The number of aromatic nitrogens is 3. The van der Waals surface area contributed by atoms with Gasteiger partial charge >= 0.3 is 0 Å².